The van der Waals surface area contributed by atoms with E-state index < -0.39 is 0 Å². The van der Waals surface area contributed by atoms with E-state index in [1.165, 1.54) is 46.2 Å². The van der Waals surface area contributed by atoms with Crippen LogP contribution in [0, 0.1) is 28.6 Å². The number of hydrogen-bond donors (Lipinski definition) is 0. The van der Waals surface area contributed by atoms with E-state index in [9.17, 15) is 0 Å². The van der Waals surface area contributed by atoms with Crippen molar-refractivity contribution in [2.24, 2.45) is 21.7 Å². The molecule has 5 aromatic carbocycles. The van der Waals surface area contributed by atoms with Gasteiger partial charge in [-0.3, -0.25) is 0 Å². The van der Waals surface area contributed by atoms with E-state index >= 15 is 0 Å². The summed E-state index contributed by atoms with van der Waals surface area (Å²) in [5, 5.41) is 0. The second-order valence-electron chi connectivity index (χ2n) is 22.2. The van der Waals surface area contributed by atoms with Crippen molar-refractivity contribution in [2.75, 3.05) is 13.7 Å². The molecule has 330 valence electrons. The summed E-state index contributed by atoms with van der Waals surface area (Å²) >= 11 is 0. The molecule has 2 unspecified atom stereocenters. The SMILES string of the molecule is CC(C)(C)CCc1ccccc1.CC(C)(C)Cc1ccccc1.CC(c1ccccc1)C(C)(C)C.COCC(c1ccccc1)C(C)(C)C.Cc1ccc(C(C)(C)C)cc1. The van der Waals surface area contributed by atoms with Gasteiger partial charge >= 0.3 is 0 Å². The zero-order chi connectivity index (χ0) is 45.6. The Balaban J connectivity index is 0.000000376. The molecule has 0 fully saturated rings. The molecule has 1 nitrogen and oxygen atoms in total. The molecule has 0 aromatic heterocycles. The van der Waals surface area contributed by atoms with Gasteiger partial charge in [0.25, 0.3) is 0 Å². The van der Waals surface area contributed by atoms with Crippen molar-refractivity contribution in [3.05, 3.63) is 179 Å². The average Bonchev–Trinajstić information content (AvgIpc) is 3.16. The van der Waals surface area contributed by atoms with Crippen molar-refractivity contribution in [1.29, 1.82) is 0 Å². The summed E-state index contributed by atoms with van der Waals surface area (Å²) in [6.07, 6.45) is 3.62. The summed E-state index contributed by atoms with van der Waals surface area (Å²) in [4.78, 5) is 0. The van der Waals surface area contributed by atoms with Gasteiger partial charge in [-0.2, -0.15) is 0 Å². The van der Waals surface area contributed by atoms with Crippen LogP contribution >= 0.6 is 0 Å². The van der Waals surface area contributed by atoms with Gasteiger partial charge in [-0.25, -0.2) is 0 Å². The second-order valence-corrected chi connectivity index (χ2v) is 22.2. The van der Waals surface area contributed by atoms with Crippen molar-refractivity contribution >= 4 is 0 Å². The molecular weight excluding hydrogens is 725 g/mol. The maximum atomic E-state index is 5.28. The quantitative estimate of drug-likeness (QED) is 0.159. The molecule has 0 heterocycles. The highest BCUT2D eigenvalue weighted by molar-refractivity contribution is 5.27. The fraction of sp³-hybridized carbons (Fsp3) is 0.492. The van der Waals surface area contributed by atoms with Crippen molar-refractivity contribution < 1.29 is 4.74 Å². The molecule has 0 aliphatic carbocycles. The normalized spacial score (nSPS) is 12.7. The average molecular weight is 813 g/mol. The molecule has 2 atom stereocenters. The Kier molecular flexibility index (Phi) is 23.2. The summed E-state index contributed by atoms with van der Waals surface area (Å²) in [6, 6.07) is 51.3. The van der Waals surface area contributed by atoms with Crippen LogP contribution < -0.4 is 0 Å². The Hall–Kier alpha value is -3.94. The third kappa shape index (κ3) is 25.0. The maximum Gasteiger partial charge on any atom is 0.0535 e. The molecule has 5 rings (SSSR count). The fourth-order valence-corrected chi connectivity index (χ4v) is 6.37. The van der Waals surface area contributed by atoms with Crippen LogP contribution in [-0.4, -0.2) is 13.7 Å². The number of benzene rings is 5. The van der Waals surface area contributed by atoms with Crippen LogP contribution in [0.5, 0.6) is 0 Å². The lowest BCUT2D eigenvalue weighted by Crippen LogP contribution is -2.22. The van der Waals surface area contributed by atoms with Crippen LogP contribution in [0.4, 0.5) is 0 Å². The van der Waals surface area contributed by atoms with Crippen LogP contribution in [0.1, 0.15) is 162 Å². The lowest BCUT2D eigenvalue weighted by molar-refractivity contribution is 0.132. The standard InChI is InChI=1S/C13H20O.2C12H18.2C11H16/c1-13(2,3)12(10-14-4)11-8-6-5-7-9-11;1-10(12(2,3)4)11-8-6-5-7-9-11;1-12(2,3)10-9-11-7-5-4-6-8-11;1-9-5-7-10(8-6-9)11(2,3)4;1-11(2,3)9-10-7-5-4-6-8-10/h5-9,12H,10H2,1-4H3;5-10H,1-4H3;4-8H,9-10H2,1-3H3;5-8H,1-4H3;4-8H,9H2,1-3H3. The molecule has 0 saturated heterocycles. The molecule has 0 N–H and O–H groups in total. The van der Waals surface area contributed by atoms with Gasteiger partial charge in [0.05, 0.1) is 6.61 Å². The van der Waals surface area contributed by atoms with Gasteiger partial charge < -0.3 is 4.74 Å². The number of hydrogen-bond acceptors (Lipinski definition) is 1. The van der Waals surface area contributed by atoms with E-state index in [0.717, 1.165) is 13.0 Å². The first kappa shape index (κ1) is 54.1. The van der Waals surface area contributed by atoms with Gasteiger partial charge in [0.15, 0.2) is 0 Å². The smallest absolute Gasteiger partial charge is 0.0535 e. The summed E-state index contributed by atoms with van der Waals surface area (Å²) in [5.74, 6) is 1.09. The van der Waals surface area contributed by atoms with Crippen molar-refractivity contribution in [1.82, 2.24) is 0 Å². The lowest BCUT2D eigenvalue weighted by Gasteiger charge is -2.30. The van der Waals surface area contributed by atoms with Crippen molar-refractivity contribution in [3.8, 4) is 0 Å². The predicted octanol–water partition coefficient (Wildman–Crippen LogP) is 17.5. The van der Waals surface area contributed by atoms with Gasteiger partial charge in [-0.15, -0.1) is 0 Å². The molecule has 0 bridgehead atoms. The highest BCUT2D eigenvalue weighted by Gasteiger charge is 2.26. The van der Waals surface area contributed by atoms with Crippen LogP contribution in [0.3, 0.4) is 0 Å². The Morgan fingerprint density at radius 2 is 0.850 bits per heavy atom. The van der Waals surface area contributed by atoms with E-state index in [2.05, 4.69) is 263 Å². The summed E-state index contributed by atoms with van der Waals surface area (Å²) in [7, 11) is 1.77. The van der Waals surface area contributed by atoms with Gasteiger partial charge in [-0.1, -0.05) is 262 Å². The molecule has 0 aliphatic heterocycles. The van der Waals surface area contributed by atoms with Crippen molar-refractivity contribution in [3.63, 3.8) is 0 Å². The molecular formula is C59H88O. The van der Waals surface area contributed by atoms with E-state index in [4.69, 9.17) is 4.74 Å². The van der Waals surface area contributed by atoms with Crippen molar-refractivity contribution in [2.45, 2.75) is 154 Å². The van der Waals surface area contributed by atoms with Crippen LogP contribution in [-0.2, 0) is 23.0 Å². The summed E-state index contributed by atoms with van der Waals surface area (Å²) in [5.41, 5.74) is 10.2. The largest absolute Gasteiger partial charge is 0.384 e. The van der Waals surface area contributed by atoms with E-state index in [1.54, 1.807) is 7.11 Å². The Labute approximate surface area is 371 Å². The Bertz CT molecular complexity index is 1770. The number of aryl methyl sites for hydroxylation is 2. The summed E-state index contributed by atoms with van der Waals surface area (Å²) < 4.78 is 5.28. The minimum absolute atomic E-state index is 0.247. The molecule has 0 amide bonds. The molecule has 0 aliphatic rings. The van der Waals surface area contributed by atoms with Crippen LogP contribution in [0.2, 0.25) is 0 Å². The number of ether oxygens (including phenoxy) is 1. The Morgan fingerprint density at radius 3 is 1.20 bits per heavy atom. The molecule has 1 heteroatoms. The van der Waals surface area contributed by atoms with Gasteiger partial charge in [0, 0.05) is 13.0 Å². The minimum Gasteiger partial charge on any atom is -0.384 e. The zero-order valence-electron chi connectivity index (χ0n) is 41.7. The number of methoxy groups -OCH3 is 1. The predicted molar refractivity (Wildman–Crippen MR) is 269 cm³/mol. The first-order chi connectivity index (χ1) is 27.7. The Morgan fingerprint density at radius 1 is 0.450 bits per heavy atom. The van der Waals surface area contributed by atoms with Gasteiger partial charge in [-0.05, 0) is 87.0 Å². The van der Waals surface area contributed by atoms with E-state index in [0.29, 0.717) is 28.1 Å². The molecule has 0 radical (unpaired) electrons. The topological polar surface area (TPSA) is 9.23 Å². The highest BCUT2D eigenvalue weighted by atomic mass is 16.5. The molecule has 0 saturated carbocycles. The summed E-state index contributed by atoms with van der Waals surface area (Å²) in [6.45, 7) is 39.2. The van der Waals surface area contributed by atoms with E-state index in [1.807, 2.05) is 0 Å². The minimum atomic E-state index is 0.247. The molecule has 60 heavy (non-hydrogen) atoms. The third-order valence-corrected chi connectivity index (χ3v) is 10.7. The zero-order valence-corrected chi connectivity index (χ0v) is 41.7. The highest BCUT2D eigenvalue weighted by Crippen LogP contribution is 2.35. The number of rotatable bonds is 7. The van der Waals surface area contributed by atoms with Gasteiger partial charge in [0.1, 0.15) is 0 Å². The lowest BCUT2D eigenvalue weighted by atomic mass is 9.77. The third-order valence-electron chi connectivity index (χ3n) is 10.7. The first-order valence-corrected chi connectivity index (χ1v) is 22.5. The van der Waals surface area contributed by atoms with Crippen LogP contribution in [0.25, 0.3) is 0 Å². The maximum absolute atomic E-state index is 5.28. The first-order valence-electron chi connectivity index (χ1n) is 22.5. The molecule has 5 aromatic rings. The second kappa shape index (κ2) is 25.7. The fourth-order valence-electron chi connectivity index (χ4n) is 6.37. The monoisotopic (exact) mass is 813 g/mol. The van der Waals surface area contributed by atoms with Crippen LogP contribution in [0.15, 0.2) is 146 Å². The molecule has 0 spiro atoms. The van der Waals surface area contributed by atoms with Gasteiger partial charge in [0.2, 0.25) is 0 Å². The van der Waals surface area contributed by atoms with E-state index in [-0.39, 0.29) is 10.8 Å².